The Hall–Kier alpha value is -1.94. The van der Waals surface area contributed by atoms with Gasteiger partial charge in [-0.15, -0.1) is 0 Å². The molecule has 2 heterocycles. The topological polar surface area (TPSA) is 57.8 Å². The third-order valence-corrected chi connectivity index (χ3v) is 3.02. The lowest BCUT2D eigenvalue weighted by Gasteiger charge is -2.03. The first-order valence-electron chi connectivity index (χ1n) is 5.64. The van der Waals surface area contributed by atoms with Gasteiger partial charge in [0, 0.05) is 18.7 Å². The summed E-state index contributed by atoms with van der Waals surface area (Å²) in [5.41, 5.74) is 3.74. The monoisotopic (exact) mass is 227 g/mol. The fraction of sp³-hybridized carbons (Fsp3) is 0.231. The number of hydrogen-bond donors (Lipinski definition) is 2. The number of nitrogens with zero attached hydrogens (tertiary/aromatic N) is 1. The Morgan fingerprint density at radius 3 is 2.71 bits per heavy atom. The first kappa shape index (κ1) is 10.2. The number of H-pyrrole nitrogens is 1. The van der Waals surface area contributed by atoms with Gasteiger partial charge in [-0.1, -0.05) is 29.8 Å². The Morgan fingerprint density at radius 2 is 1.94 bits per heavy atom. The standard InChI is InChI=1S/C13H13N3O/c1-8-2-4-9(5-3-8)12-15-11-7-14-6-10(11)13(17)16-12/h2-5,14H,6-7H2,1H3,(H,15,16,17). The summed E-state index contributed by atoms with van der Waals surface area (Å²) in [5.74, 6) is 0.650. The van der Waals surface area contributed by atoms with Gasteiger partial charge in [-0.3, -0.25) is 4.79 Å². The molecule has 1 aliphatic heterocycles. The van der Waals surface area contributed by atoms with Crippen molar-refractivity contribution >= 4 is 0 Å². The fourth-order valence-corrected chi connectivity index (χ4v) is 2.03. The lowest BCUT2D eigenvalue weighted by atomic mass is 10.1. The number of aryl methyl sites for hydroxylation is 1. The third-order valence-electron chi connectivity index (χ3n) is 3.02. The van der Waals surface area contributed by atoms with Crippen molar-refractivity contribution in [3.63, 3.8) is 0 Å². The summed E-state index contributed by atoms with van der Waals surface area (Å²) in [5, 5.41) is 3.13. The van der Waals surface area contributed by atoms with Gasteiger partial charge in [-0.25, -0.2) is 4.98 Å². The molecule has 0 spiro atoms. The highest BCUT2D eigenvalue weighted by Gasteiger charge is 2.16. The molecule has 3 rings (SSSR count). The number of fused-ring (bicyclic) bond motifs is 1. The van der Waals surface area contributed by atoms with E-state index in [1.54, 1.807) is 0 Å². The van der Waals surface area contributed by atoms with Crippen LogP contribution in [0.15, 0.2) is 29.1 Å². The predicted octanol–water partition coefficient (Wildman–Crippen LogP) is 1.35. The molecule has 4 heteroatoms. The number of benzene rings is 1. The number of nitrogens with one attached hydrogen (secondary N) is 2. The molecule has 0 amide bonds. The number of hydrogen-bond acceptors (Lipinski definition) is 3. The van der Waals surface area contributed by atoms with Crippen LogP contribution in [0.25, 0.3) is 11.4 Å². The zero-order valence-corrected chi connectivity index (χ0v) is 9.58. The van der Waals surface area contributed by atoms with E-state index in [9.17, 15) is 4.79 Å². The Kier molecular flexibility index (Phi) is 2.30. The molecule has 86 valence electrons. The van der Waals surface area contributed by atoms with Gasteiger partial charge < -0.3 is 10.3 Å². The highest BCUT2D eigenvalue weighted by atomic mass is 16.1. The van der Waals surface area contributed by atoms with E-state index in [0.717, 1.165) is 16.8 Å². The third kappa shape index (κ3) is 1.76. The molecule has 2 N–H and O–H groups in total. The van der Waals surface area contributed by atoms with Crippen LogP contribution < -0.4 is 10.9 Å². The molecule has 1 aliphatic rings. The summed E-state index contributed by atoms with van der Waals surface area (Å²) in [6.07, 6.45) is 0. The molecule has 1 aromatic carbocycles. The van der Waals surface area contributed by atoms with Crippen LogP contribution in [0, 0.1) is 6.92 Å². The maximum atomic E-state index is 11.8. The maximum Gasteiger partial charge on any atom is 0.255 e. The van der Waals surface area contributed by atoms with E-state index < -0.39 is 0 Å². The van der Waals surface area contributed by atoms with Gasteiger partial charge in [0.2, 0.25) is 0 Å². The van der Waals surface area contributed by atoms with E-state index in [2.05, 4.69) is 15.3 Å². The summed E-state index contributed by atoms with van der Waals surface area (Å²) in [6.45, 7) is 3.33. The van der Waals surface area contributed by atoms with Crippen LogP contribution >= 0.6 is 0 Å². The van der Waals surface area contributed by atoms with Gasteiger partial charge in [0.25, 0.3) is 5.56 Å². The average Bonchev–Trinajstić information content (AvgIpc) is 2.78. The van der Waals surface area contributed by atoms with E-state index in [4.69, 9.17) is 0 Å². The van der Waals surface area contributed by atoms with Gasteiger partial charge in [-0.05, 0) is 6.92 Å². The molecule has 0 saturated carbocycles. The van der Waals surface area contributed by atoms with E-state index in [-0.39, 0.29) is 5.56 Å². The van der Waals surface area contributed by atoms with Gasteiger partial charge in [0.05, 0.1) is 11.3 Å². The summed E-state index contributed by atoms with van der Waals surface area (Å²) < 4.78 is 0. The van der Waals surface area contributed by atoms with E-state index >= 15 is 0 Å². The van der Waals surface area contributed by atoms with Crippen molar-refractivity contribution in [1.29, 1.82) is 0 Å². The first-order valence-corrected chi connectivity index (χ1v) is 5.64. The highest BCUT2D eigenvalue weighted by molar-refractivity contribution is 5.55. The second-order valence-electron chi connectivity index (χ2n) is 4.31. The Morgan fingerprint density at radius 1 is 1.18 bits per heavy atom. The largest absolute Gasteiger partial charge is 0.307 e. The molecule has 0 saturated heterocycles. The minimum absolute atomic E-state index is 0.0319. The molecular weight excluding hydrogens is 214 g/mol. The lowest BCUT2D eigenvalue weighted by Crippen LogP contribution is -2.15. The second kappa shape index (κ2) is 3.82. The van der Waals surface area contributed by atoms with Crippen LogP contribution in [0.2, 0.25) is 0 Å². The van der Waals surface area contributed by atoms with Crippen LogP contribution in [-0.2, 0) is 13.1 Å². The zero-order valence-electron chi connectivity index (χ0n) is 9.58. The predicted molar refractivity (Wildman–Crippen MR) is 65.6 cm³/mol. The Bertz CT molecular complexity index is 614. The van der Waals surface area contributed by atoms with Crippen LogP contribution in [-0.4, -0.2) is 9.97 Å². The van der Waals surface area contributed by atoms with Crippen LogP contribution in [0.1, 0.15) is 16.8 Å². The van der Waals surface area contributed by atoms with Crippen molar-refractivity contribution < 1.29 is 0 Å². The molecule has 17 heavy (non-hydrogen) atoms. The summed E-state index contributed by atoms with van der Waals surface area (Å²) in [4.78, 5) is 19.2. The molecule has 0 atom stereocenters. The van der Waals surface area contributed by atoms with Crippen LogP contribution in [0.5, 0.6) is 0 Å². The summed E-state index contributed by atoms with van der Waals surface area (Å²) in [6, 6.07) is 7.98. The average molecular weight is 227 g/mol. The maximum absolute atomic E-state index is 11.8. The lowest BCUT2D eigenvalue weighted by molar-refractivity contribution is 0.757. The van der Waals surface area contributed by atoms with Gasteiger partial charge >= 0.3 is 0 Å². The van der Waals surface area contributed by atoms with Gasteiger partial charge in [0.15, 0.2) is 0 Å². The molecule has 0 aliphatic carbocycles. The number of aromatic amines is 1. The van der Waals surface area contributed by atoms with Crippen molar-refractivity contribution in [2.24, 2.45) is 0 Å². The molecule has 0 bridgehead atoms. The van der Waals surface area contributed by atoms with Crippen LogP contribution in [0.4, 0.5) is 0 Å². The van der Waals surface area contributed by atoms with Crippen molar-refractivity contribution in [2.45, 2.75) is 20.0 Å². The minimum atomic E-state index is -0.0319. The molecule has 0 radical (unpaired) electrons. The van der Waals surface area contributed by atoms with Gasteiger partial charge in [0.1, 0.15) is 5.82 Å². The molecule has 2 aromatic rings. The van der Waals surface area contributed by atoms with Crippen molar-refractivity contribution in [2.75, 3.05) is 0 Å². The van der Waals surface area contributed by atoms with Gasteiger partial charge in [-0.2, -0.15) is 0 Å². The first-order chi connectivity index (χ1) is 8.24. The smallest absolute Gasteiger partial charge is 0.255 e. The van der Waals surface area contributed by atoms with Crippen molar-refractivity contribution in [3.05, 3.63) is 51.4 Å². The van der Waals surface area contributed by atoms with Crippen molar-refractivity contribution in [1.82, 2.24) is 15.3 Å². The van der Waals surface area contributed by atoms with E-state index in [1.807, 2.05) is 31.2 Å². The zero-order chi connectivity index (χ0) is 11.8. The normalized spacial score (nSPS) is 13.7. The minimum Gasteiger partial charge on any atom is -0.307 e. The van der Waals surface area contributed by atoms with Crippen molar-refractivity contribution in [3.8, 4) is 11.4 Å². The Labute approximate surface area is 98.7 Å². The number of rotatable bonds is 1. The van der Waals surface area contributed by atoms with E-state index in [0.29, 0.717) is 18.9 Å². The number of aromatic nitrogens is 2. The highest BCUT2D eigenvalue weighted by Crippen LogP contribution is 2.17. The van der Waals surface area contributed by atoms with E-state index in [1.165, 1.54) is 5.56 Å². The molecule has 0 unspecified atom stereocenters. The molecule has 1 aromatic heterocycles. The van der Waals surface area contributed by atoms with Crippen LogP contribution in [0.3, 0.4) is 0 Å². The fourth-order valence-electron chi connectivity index (χ4n) is 2.03. The molecular formula is C13H13N3O. The SMILES string of the molecule is Cc1ccc(-c2nc3c(c(=O)[nH]2)CNC3)cc1. The Balaban J connectivity index is 2.13. The quantitative estimate of drug-likeness (QED) is 0.773. The second-order valence-corrected chi connectivity index (χ2v) is 4.31. The summed E-state index contributed by atoms with van der Waals surface area (Å²) in [7, 11) is 0. The molecule has 4 nitrogen and oxygen atoms in total. The summed E-state index contributed by atoms with van der Waals surface area (Å²) >= 11 is 0. The molecule has 0 fully saturated rings.